The molecule has 0 aliphatic rings. The number of fused-ring (bicyclic) bond motifs is 6. The summed E-state index contributed by atoms with van der Waals surface area (Å²) in [7, 11) is 0. The normalized spacial score (nSPS) is 11.6. The van der Waals surface area contributed by atoms with E-state index in [1.165, 1.54) is 38.5 Å². The van der Waals surface area contributed by atoms with E-state index in [1.54, 1.807) is 0 Å². The van der Waals surface area contributed by atoms with Crippen molar-refractivity contribution in [1.29, 1.82) is 0 Å². The smallest absolute Gasteiger partial charge is 0.143 e. The van der Waals surface area contributed by atoms with Gasteiger partial charge in [0, 0.05) is 38.4 Å². The van der Waals surface area contributed by atoms with Gasteiger partial charge in [0.15, 0.2) is 0 Å². The molecule has 9 aromatic carbocycles. The van der Waals surface area contributed by atoms with Crippen LogP contribution in [0.4, 0.5) is 0 Å². The van der Waals surface area contributed by atoms with Crippen LogP contribution in [0.15, 0.2) is 217 Å². The second-order valence-electron chi connectivity index (χ2n) is 14.5. The summed E-state index contributed by atoms with van der Waals surface area (Å²) in [6.45, 7) is 0. The summed E-state index contributed by atoms with van der Waals surface area (Å²) in [6, 6.07) is 76.3. The first-order valence-corrected chi connectivity index (χ1v) is 19.2. The molecule has 0 aliphatic heterocycles. The average molecular weight is 714 g/mol. The minimum Gasteiger partial charge on any atom is -0.455 e. The molecule has 11 aromatic rings. The molecule has 262 valence electrons. The predicted molar refractivity (Wildman–Crippen MR) is 235 cm³/mol. The van der Waals surface area contributed by atoms with Gasteiger partial charge >= 0.3 is 0 Å². The van der Waals surface area contributed by atoms with Gasteiger partial charge in [-0.25, -0.2) is 0 Å². The zero-order valence-corrected chi connectivity index (χ0v) is 30.6. The van der Waals surface area contributed by atoms with Crippen molar-refractivity contribution in [3.05, 3.63) is 212 Å². The van der Waals surface area contributed by atoms with E-state index in [1.807, 2.05) is 0 Å². The van der Waals surface area contributed by atoms with Crippen molar-refractivity contribution in [2.24, 2.45) is 0 Å². The Morgan fingerprint density at radius 3 is 1.41 bits per heavy atom. The van der Waals surface area contributed by atoms with Crippen LogP contribution in [0.1, 0.15) is 0 Å². The number of hydrogen-bond donors (Lipinski definition) is 0. The molecule has 2 aromatic heterocycles. The number of rotatable bonds is 6. The summed E-state index contributed by atoms with van der Waals surface area (Å²) >= 11 is 0. The Bertz CT molecular complexity index is 3210. The number of benzene rings is 9. The van der Waals surface area contributed by atoms with Gasteiger partial charge in [0.2, 0.25) is 0 Å². The highest BCUT2D eigenvalue weighted by molar-refractivity contribution is 6.14. The Labute approximate surface area is 325 Å². The summed E-state index contributed by atoms with van der Waals surface area (Å²) in [5.74, 6) is 0. The van der Waals surface area contributed by atoms with Crippen molar-refractivity contribution in [3.8, 4) is 61.3 Å². The second kappa shape index (κ2) is 13.2. The lowest BCUT2D eigenvalue weighted by atomic mass is 9.91. The number of para-hydroxylation sites is 4. The maximum atomic E-state index is 6.93. The van der Waals surface area contributed by atoms with Crippen LogP contribution >= 0.6 is 0 Å². The molecule has 0 radical (unpaired) electrons. The number of hydrogen-bond acceptors (Lipinski definition) is 1. The minimum absolute atomic E-state index is 0.898. The van der Waals surface area contributed by atoms with Crippen molar-refractivity contribution in [3.63, 3.8) is 0 Å². The highest BCUT2D eigenvalue weighted by atomic mass is 16.3. The molecule has 0 spiro atoms. The highest BCUT2D eigenvalue weighted by Gasteiger charge is 2.18. The van der Waals surface area contributed by atoms with E-state index in [9.17, 15) is 0 Å². The Kier molecular flexibility index (Phi) is 7.53. The first kappa shape index (κ1) is 32.0. The summed E-state index contributed by atoms with van der Waals surface area (Å²) < 4.78 is 9.30. The van der Waals surface area contributed by atoms with Crippen LogP contribution < -0.4 is 0 Å². The highest BCUT2D eigenvalue weighted by Crippen LogP contribution is 2.43. The maximum absolute atomic E-state index is 6.93. The molecule has 56 heavy (non-hydrogen) atoms. The van der Waals surface area contributed by atoms with E-state index in [-0.39, 0.29) is 0 Å². The molecule has 0 aliphatic carbocycles. The fourth-order valence-corrected chi connectivity index (χ4v) is 8.50. The van der Waals surface area contributed by atoms with Gasteiger partial charge in [-0.1, -0.05) is 164 Å². The van der Waals surface area contributed by atoms with Gasteiger partial charge in [-0.15, -0.1) is 0 Å². The van der Waals surface area contributed by atoms with Crippen LogP contribution in [0.25, 0.3) is 105 Å². The van der Waals surface area contributed by atoms with Gasteiger partial charge in [-0.05, 0) is 93.0 Å². The van der Waals surface area contributed by atoms with Crippen LogP contribution in [0, 0.1) is 0 Å². The van der Waals surface area contributed by atoms with Crippen molar-refractivity contribution < 1.29 is 4.42 Å². The molecule has 0 saturated carbocycles. The quantitative estimate of drug-likeness (QED) is 0.168. The van der Waals surface area contributed by atoms with Crippen molar-refractivity contribution >= 4 is 43.7 Å². The fraction of sp³-hybridized carbons (Fsp3) is 0. The van der Waals surface area contributed by atoms with E-state index in [2.05, 4.69) is 217 Å². The maximum Gasteiger partial charge on any atom is 0.143 e. The zero-order valence-electron chi connectivity index (χ0n) is 30.6. The number of furan rings is 1. The van der Waals surface area contributed by atoms with E-state index in [4.69, 9.17) is 4.42 Å². The first-order valence-electron chi connectivity index (χ1n) is 19.2. The molecular formula is C54H35NO. The molecule has 0 amide bonds. The third kappa shape index (κ3) is 5.34. The van der Waals surface area contributed by atoms with Crippen LogP contribution in [0.2, 0.25) is 0 Å². The van der Waals surface area contributed by atoms with Gasteiger partial charge < -0.3 is 8.98 Å². The number of nitrogens with zero attached hydrogens (tertiary/aromatic N) is 1. The topological polar surface area (TPSA) is 18.1 Å². The third-order valence-electron chi connectivity index (χ3n) is 11.2. The molecule has 11 rings (SSSR count). The van der Waals surface area contributed by atoms with E-state index < -0.39 is 0 Å². The molecule has 0 fully saturated rings. The molecule has 0 saturated heterocycles. The molecule has 2 nitrogen and oxygen atoms in total. The van der Waals surface area contributed by atoms with E-state index in [0.29, 0.717) is 0 Å². The van der Waals surface area contributed by atoms with Gasteiger partial charge in [0.1, 0.15) is 11.2 Å². The van der Waals surface area contributed by atoms with Crippen LogP contribution in [0.3, 0.4) is 0 Å². The molecular weight excluding hydrogens is 679 g/mol. The van der Waals surface area contributed by atoms with Crippen LogP contribution in [0.5, 0.6) is 0 Å². The molecule has 0 unspecified atom stereocenters. The Balaban J connectivity index is 1.12. The van der Waals surface area contributed by atoms with E-state index in [0.717, 1.165) is 66.6 Å². The van der Waals surface area contributed by atoms with E-state index >= 15 is 0 Å². The molecule has 0 atom stereocenters. The van der Waals surface area contributed by atoms with Gasteiger partial charge in [-0.2, -0.15) is 0 Å². The largest absolute Gasteiger partial charge is 0.455 e. The molecule has 2 heterocycles. The van der Waals surface area contributed by atoms with Gasteiger partial charge in [0.25, 0.3) is 0 Å². The fourth-order valence-electron chi connectivity index (χ4n) is 8.50. The Morgan fingerprint density at radius 2 is 0.732 bits per heavy atom. The number of aromatic nitrogens is 1. The summed E-state index contributed by atoms with van der Waals surface area (Å²) in [6.07, 6.45) is 0. The molecule has 0 N–H and O–H groups in total. The Morgan fingerprint density at radius 1 is 0.268 bits per heavy atom. The lowest BCUT2D eigenvalue weighted by Gasteiger charge is -2.13. The van der Waals surface area contributed by atoms with Crippen LogP contribution in [-0.2, 0) is 0 Å². The standard InChI is InChI=1S/C54H35NO/c1-4-14-36(15-5-1)37-26-28-38(29-27-37)41-32-42(40-30-31-52-50(35-40)47-20-10-11-25-51(47)55(52)44-18-8-3-9-19-44)34-43(33-41)46-22-13-24-49-48-23-12-21-45(53(48)56-54(46)49)39-16-6-2-7-17-39/h1-35H. The third-order valence-corrected chi connectivity index (χ3v) is 11.2. The van der Waals surface area contributed by atoms with Crippen LogP contribution in [-0.4, -0.2) is 4.57 Å². The molecule has 0 bridgehead atoms. The minimum atomic E-state index is 0.898. The summed E-state index contributed by atoms with van der Waals surface area (Å²) in [5, 5.41) is 4.71. The summed E-state index contributed by atoms with van der Waals surface area (Å²) in [4.78, 5) is 0. The van der Waals surface area contributed by atoms with Crippen molar-refractivity contribution in [1.82, 2.24) is 4.57 Å². The Hall–Kier alpha value is -7.42. The first-order chi connectivity index (χ1) is 27.8. The molecule has 2 heteroatoms. The SMILES string of the molecule is c1ccc(-c2ccc(-c3cc(-c4ccc5c(c4)c4ccccc4n5-c4ccccc4)cc(-c4cccc5c4oc4c(-c6ccccc6)cccc45)c3)cc2)cc1. The van der Waals surface area contributed by atoms with Crippen molar-refractivity contribution in [2.75, 3.05) is 0 Å². The van der Waals surface area contributed by atoms with Gasteiger partial charge in [-0.3, -0.25) is 0 Å². The van der Waals surface area contributed by atoms with Gasteiger partial charge in [0.05, 0.1) is 11.0 Å². The lowest BCUT2D eigenvalue weighted by molar-refractivity contribution is 0.671. The predicted octanol–water partition coefficient (Wildman–Crippen LogP) is 15.0. The lowest BCUT2D eigenvalue weighted by Crippen LogP contribution is -1.93. The summed E-state index contributed by atoms with van der Waals surface area (Å²) in [5.41, 5.74) is 16.8. The van der Waals surface area contributed by atoms with Crippen molar-refractivity contribution in [2.45, 2.75) is 0 Å². The monoisotopic (exact) mass is 713 g/mol. The second-order valence-corrected chi connectivity index (χ2v) is 14.5. The zero-order chi connectivity index (χ0) is 37.0. The average Bonchev–Trinajstić information content (AvgIpc) is 3.83.